The third-order valence-corrected chi connectivity index (χ3v) is 4.72. The van der Waals surface area contributed by atoms with E-state index in [2.05, 4.69) is 50.7 Å². The number of fused-ring (bicyclic) bond motifs is 1. The van der Waals surface area contributed by atoms with Crippen LogP contribution in [0.1, 0.15) is 51.3 Å². The summed E-state index contributed by atoms with van der Waals surface area (Å²) < 4.78 is 11.1. The first-order chi connectivity index (χ1) is 11.7. The smallest absolute Gasteiger partial charge is 0.212 e. The van der Waals surface area contributed by atoms with Crippen molar-refractivity contribution in [3.63, 3.8) is 0 Å². The summed E-state index contributed by atoms with van der Waals surface area (Å²) in [6, 6.07) is 3.97. The zero-order valence-electron chi connectivity index (χ0n) is 15.9. The molecule has 0 aromatic carbocycles. The van der Waals surface area contributed by atoms with Crippen molar-refractivity contribution in [3.05, 3.63) is 53.7 Å². The number of aromatic nitrogens is 2. The van der Waals surface area contributed by atoms with Crippen LogP contribution in [0.5, 0.6) is 5.88 Å². The lowest BCUT2D eigenvalue weighted by atomic mass is 9.79. The fraction of sp³-hybridized carbons (Fsp3) is 0.429. The summed E-state index contributed by atoms with van der Waals surface area (Å²) in [5.41, 5.74) is 4.35. The Balaban J connectivity index is 1.97. The number of nitrogens with zero attached hydrogens (tertiary/aromatic N) is 2. The Kier molecular flexibility index (Phi) is 4.31. The number of furan rings is 1. The van der Waals surface area contributed by atoms with Crippen molar-refractivity contribution in [2.24, 2.45) is 0 Å². The highest BCUT2D eigenvalue weighted by Crippen LogP contribution is 2.35. The van der Waals surface area contributed by atoms with Crippen LogP contribution < -0.4 is 4.74 Å². The van der Waals surface area contributed by atoms with E-state index in [1.165, 1.54) is 5.56 Å². The molecular formula is C21H26N2O2. The molecule has 0 aliphatic rings. The Morgan fingerprint density at radius 1 is 1.04 bits per heavy atom. The van der Waals surface area contributed by atoms with E-state index >= 15 is 0 Å². The second kappa shape index (κ2) is 6.17. The fourth-order valence-corrected chi connectivity index (χ4v) is 3.19. The van der Waals surface area contributed by atoms with Crippen LogP contribution in [-0.2, 0) is 17.3 Å². The standard InChI is InChI=1S/C21H26N2O2/c1-20(2,3)17-13-25-19-14(10-22-12-16(17)19)9-21(4,5)15-7-8-18(24-6)23-11-15/h7-8,10-13H,9H2,1-6H3. The van der Waals surface area contributed by atoms with Crippen molar-refractivity contribution in [3.8, 4) is 5.88 Å². The zero-order chi connectivity index (χ0) is 18.2. The summed E-state index contributed by atoms with van der Waals surface area (Å²) in [6.45, 7) is 11.0. The molecule has 3 aromatic rings. The predicted octanol–water partition coefficient (Wildman–Crippen LogP) is 5.05. The van der Waals surface area contributed by atoms with E-state index < -0.39 is 0 Å². The minimum atomic E-state index is -0.0933. The first-order valence-electron chi connectivity index (χ1n) is 8.57. The number of hydrogen-bond donors (Lipinski definition) is 0. The maximum atomic E-state index is 5.95. The van der Waals surface area contributed by atoms with E-state index in [0.717, 1.165) is 28.5 Å². The minimum Gasteiger partial charge on any atom is -0.481 e. The van der Waals surface area contributed by atoms with Gasteiger partial charge in [0, 0.05) is 41.2 Å². The molecule has 132 valence electrons. The monoisotopic (exact) mass is 338 g/mol. The molecule has 0 spiro atoms. The molecule has 0 saturated heterocycles. The summed E-state index contributed by atoms with van der Waals surface area (Å²) in [7, 11) is 1.63. The van der Waals surface area contributed by atoms with Crippen LogP contribution in [0.15, 0.2) is 41.4 Å². The van der Waals surface area contributed by atoms with Crippen LogP contribution in [0.4, 0.5) is 0 Å². The normalized spacial score (nSPS) is 12.6. The van der Waals surface area contributed by atoms with Crippen molar-refractivity contribution in [2.45, 2.75) is 51.9 Å². The van der Waals surface area contributed by atoms with Gasteiger partial charge in [-0.1, -0.05) is 40.7 Å². The van der Waals surface area contributed by atoms with Crippen LogP contribution in [0, 0.1) is 0 Å². The molecule has 4 heteroatoms. The van der Waals surface area contributed by atoms with Crippen LogP contribution in [0.2, 0.25) is 0 Å². The van der Waals surface area contributed by atoms with E-state index in [1.54, 1.807) is 7.11 Å². The largest absolute Gasteiger partial charge is 0.481 e. The molecule has 0 N–H and O–H groups in total. The van der Waals surface area contributed by atoms with Crippen LogP contribution in [0.3, 0.4) is 0 Å². The van der Waals surface area contributed by atoms with Crippen molar-refractivity contribution < 1.29 is 9.15 Å². The molecule has 0 saturated carbocycles. The molecule has 0 amide bonds. The summed E-state index contributed by atoms with van der Waals surface area (Å²) in [5.74, 6) is 0.629. The van der Waals surface area contributed by atoms with Crippen LogP contribution >= 0.6 is 0 Å². The SMILES string of the molecule is COc1ccc(C(C)(C)Cc2cncc3c(C(C)(C)C)coc23)cn1. The van der Waals surface area contributed by atoms with Gasteiger partial charge in [0.25, 0.3) is 0 Å². The maximum absolute atomic E-state index is 5.95. The van der Waals surface area contributed by atoms with Gasteiger partial charge in [-0.15, -0.1) is 0 Å². The predicted molar refractivity (Wildman–Crippen MR) is 100 cm³/mol. The number of pyridine rings is 2. The van der Waals surface area contributed by atoms with Gasteiger partial charge < -0.3 is 9.15 Å². The van der Waals surface area contributed by atoms with Gasteiger partial charge in [-0.2, -0.15) is 0 Å². The van der Waals surface area contributed by atoms with Gasteiger partial charge in [-0.3, -0.25) is 4.98 Å². The lowest BCUT2D eigenvalue weighted by Gasteiger charge is -2.25. The first-order valence-corrected chi connectivity index (χ1v) is 8.57. The molecule has 0 atom stereocenters. The Hall–Kier alpha value is -2.36. The molecule has 0 fully saturated rings. The van der Waals surface area contributed by atoms with E-state index in [9.17, 15) is 0 Å². The highest BCUT2D eigenvalue weighted by molar-refractivity contribution is 5.84. The molecule has 0 bridgehead atoms. The summed E-state index contributed by atoms with van der Waals surface area (Å²) >= 11 is 0. The molecule has 25 heavy (non-hydrogen) atoms. The number of rotatable bonds is 4. The van der Waals surface area contributed by atoms with Crippen LogP contribution in [-0.4, -0.2) is 17.1 Å². The molecule has 4 nitrogen and oxygen atoms in total. The van der Waals surface area contributed by atoms with E-state index in [1.807, 2.05) is 30.9 Å². The Morgan fingerprint density at radius 2 is 1.80 bits per heavy atom. The average Bonchev–Trinajstić information content (AvgIpc) is 3.00. The van der Waals surface area contributed by atoms with E-state index in [-0.39, 0.29) is 10.8 Å². The minimum absolute atomic E-state index is 0.0287. The fourth-order valence-electron chi connectivity index (χ4n) is 3.19. The molecular weight excluding hydrogens is 312 g/mol. The average molecular weight is 338 g/mol. The molecule has 0 aliphatic carbocycles. The van der Waals surface area contributed by atoms with Gasteiger partial charge in [0.2, 0.25) is 5.88 Å². The molecule has 3 heterocycles. The van der Waals surface area contributed by atoms with Gasteiger partial charge in [0.1, 0.15) is 5.58 Å². The van der Waals surface area contributed by atoms with Crippen molar-refractivity contribution in [1.29, 1.82) is 0 Å². The van der Waals surface area contributed by atoms with Crippen LogP contribution in [0.25, 0.3) is 11.0 Å². The highest BCUT2D eigenvalue weighted by Gasteiger charge is 2.26. The van der Waals surface area contributed by atoms with Gasteiger partial charge in [0.05, 0.1) is 13.4 Å². The van der Waals surface area contributed by atoms with E-state index in [4.69, 9.17) is 9.15 Å². The van der Waals surface area contributed by atoms with Gasteiger partial charge in [-0.25, -0.2) is 4.98 Å². The number of ether oxygens (including phenoxy) is 1. The molecule has 0 aliphatic heterocycles. The number of hydrogen-bond acceptors (Lipinski definition) is 4. The molecule has 0 unspecified atom stereocenters. The molecule has 3 rings (SSSR count). The quantitative estimate of drug-likeness (QED) is 0.668. The van der Waals surface area contributed by atoms with Crippen molar-refractivity contribution in [1.82, 2.24) is 9.97 Å². The Morgan fingerprint density at radius 3 is 2.40 bits per heavy atom. The lowest BCUT2D eigenvalue weighted by Crippen LogP contribution is -2.21. The van der Waals surface area contributed by atoms with Gasteiger partial charge >= 0.3 is 0 Å². The molecule has 3 aromatic heterocycles. The second-order valence-electron chi connectivity index (χ2n) is 8.22. The zero-order valence-corrected chi connectivity index (χ0v) is 15.9. The second-order valence-corrected chi connectivity index (χ2v) is 8.22. The Labute approximate surface area is 149 Å². The first kappa shape index (κ1) is 17.5. The highest BCUT2D eigenvalue weighted by atomic mass is 16.5. The maximum Gasteiger partial charge on any atom is 0.212 e. The van der Waals surface area contributed by atoms with E-state index in [0.29, 0.717) is 5.88 Å². The van der Waals surface area contributed by atoms with Gasteiger partial charge in [-0.05, 0) is 22.8 Å². The number of methoxy groups -OCH3 is 1. The summed E-state index contributed by atoms with van der Waals surface area (Å²) in [4.78, 5) is 8.81. The summed E-state index contributed by atoms with van der Waals surface area (Å²) in [6.07, 6.45) is 8.40. The Bertz CT molecular complexity index is 871. The lowest BCUT2D eigenvalue weighted by molar-refractivity contribution is 0.396. The molecule has 0 radical (unpaired) electrons. The third-order valence-electron chi connectivity index (χ3n) is 4.72. The van der Waals surface area contributed by atoms with Gasteiger partial charge in [0.15, 0.2) is 0 Å². The third kappa shape index (κ3) is 3.39. The topological polar surface area (TPSA) is 48.2 Å². The summed E-state index contributed by atoms with van der Waals surface area (Å²) in [5, 5.41) is 1.11. The van der Waals surface area contributed by atoms with Crippen molar-refractivity contribution in [2.75, 3.05) is 7.11 Å². The van der Waals surface area contributed by atoms with Crippen molar-refractivity contribution >= 4 is 11.0 Å².